The highest BCUT2D eigenvalue weighted by molar-refractivity contribution is 9.10. The highest BCUT2D eigenvalue weighted by Gasteiger charge is 2.15. The van der Waals surface area contributed by atoms with Gasteiger partial charge < -0.3 is 10.1 Å². The number of anilines is 1. The molecule has 0 atom stereocenters. The molecule has 182 valence electrons. The molecule has 35 heavy (non-hydrogen) atoms. The molecule has 0 spiro atoms. The molecule has 7 nitrogen and oxygen atoms in total. The molecule has 3 rings (SSSR count). The zero-order chi connectivity index (χ0) is 25.6. The van der Waals surface area contributed by atoms with Gasteiger partial charge in [-0.1, -0.05) is 60.4 Å². The fourth-order valence-electron chi connectivity index (χ4n) is 3.00. The average Bonchev–Trinajstić information content (AvgIpc) is 2.82. The fourth-order valence-corrected chi connectivity index (χ4v) is 3.73. The minimum absolute atomic E-state index is 0.00512. The van der Waals surface area contributed by atoms with E-state index in [1.54, 1.807) is 42.5 Å². The largest absolute Gasteiger partial charge is 0.482 e. The van der Waals surface area contributed by atoms with Crippen molar-refractivity contribution >= 4 is 50.9 Å². The van der Waals surface area contributed by atoms with Crippen LogP contribution in [0.15, 0.2) is 71.2 Å². The highest BCUT2D eigenvalue weighted by atomic mass is 79.9. The number of carbonyl (C=O) groups excluding carboxylic acids is 3. The SMILES string of the molecule is CC(C)(C)c1ccc(C(=O)Nc2ccc(C(=O)NNC(=O)COc3ccc(Br)cc3Cl)cc2)cc1. The molecule has 0 fully saturated rings. The predicted molar refractivity (Wildman–Crippen MR) is 140 cm³/mol. The van der Waals surface area contributed by atoms with E-state index in [0.29, 0.717) is 27.6 Å². The molecule has 0 heterocycles. The monoisotopic (exact) mass is 557 g/mol. The minimum atomic E-state index is -0.557. The van der Waals surface area contributed by atoms with E-state index in [2.05, 4.69) is 52.9 Å². The van der Waals surface area contributed by atoms with E-state index in [-0.39, 0.29) is 17.9 Å². The van der Waals surface area contributed by atoms with Crippen molar-refractivity contribution in [3.05, 3.63) is 92.9 Å². The summed E-state index contributed by atoms with van der Waals surface area (Å²) in [6.07, 6.45) is 0. The summed E-state index contributed by atoms with van der Waals surface area (Å²) in [5, 5.41) is 3.15. The van der Waals surface area contributed by atoms with Gasteiger partial charge in [-0.25, -0.2) is 0 Å². The van der Waals surface area contributed by atoms with Crippen LogP contribution in [0.25, 0.3) is 0 Å². The van der Waals surface area contributed by atoms with E-state index in [0.717, 1.165) is 10.0 Å². The number of nitrogens with one attached hydrogen (secondary N) is 3. The van der Waals surface area contributed by atoms with Crippen LogP contribution in [-0.4, -0.2) is 24.3 Å². The molecule has 0 aromatic heterocycles. The van der Waals surface area contributed by atoms with Gasteiger partial charge in [-0.15, -0.1) is 0 Å². The molecule has 0 unspecified atom stereocenters. The molecular weight excluding hydrogens is 534 g/mol. The average molecular weight is 559 g/mol. The van der Waals surface area contributed by atoms with Crippen molar-refractivity contribution in [1.29, 1.82) is 0 Å². The second-order valence-corrected chi connectivity index (χ2v) is 10.0. The molecule has 0 bridgehead atoms. The number of hydrogen-bond acceptors (Lipinski definition) is 4. The summed E-state index contributed by atoms with van der Waals surface area (Å²) < 4.78 is 6.13. The summed E-state index contributed by atoms with van der Waals surface area (Å²) in [6.45, 7) is 6.00. The number of benzene rings is 3. The van der Waals surface area contributed by atoms with Crippen molar-refractivity contribution in [2.45, 2.75) is 26.2 Å². The van der Waals surface area contributed by atoms with E-state index in [4.69, 9.17) is 16.3 Å². The lowest BCUT2D eigenvalue weighted by Gasteiger charge is -2.19. The Balaban J connectivity index is 1.48. The molecule has 0 aliphatic rings. The van der Waals surface area contributed by atoms with E-state index in [1.165, 1.54) is 12.1 Å². The first kappa shape index (κ1) is 26.2. The van der Waals surface area contributed by atoms with Crippen molar-refractivity contribution < 1.29 is 19.1 Å². The van der Waals surface area contributed by atoms with Crippen molar-refractivity contribution in [1.82, 2.24) is 10.9 Å². The van der Waals surface area contributed by atoms with Gasteiger partial charge in [0.05, 0.1) is 5.02 Å². The van der Waals surface area contributed by atoms with Gasteiger partial charge in [0.2, 0.25) is 0 Å². The summed E-state index contributed by atoms with van der Waals surface area (Å²) in [5.74, 6) is -0.978. The molecular formula is C26H25BrClN3O4. The van der Waals surface area contributed by atoms with Crippen molar-refractivity contribution in [2.75, 3.05) is 11.9 Å². The van der Waals surface area contributed by atoms with Gasteiger partial charge in [-0.3, -0.25) is 25.2 Å². The molecule has 3 aromatic rings. The van der Waals surface area contributed by atoms with Crippen molar-refractivity contribution in [3.8, 4) is 5.75 Å². The van der Waals surface area contributed by atoms with Gasteiger partial charge in [0, 0.05) is 21.3 Å². The normalized spacial score (nSPS) is 10.9. The van der Waals surface area contributed by atoms with Crippen LogP contribution in [0.5, 0.6) is 5.75 Å². The highest BCUT2D eigenvalue weighted by Crippen LogP contribution is 2.27. The number of hydrazine groups is 1. The van der Waals surface area contributed by atoms with Gasteiger partial charge in [-0.2, -0.15) is 0 Å². The fraction of sp³-hybridized carbons (Fsp3) is 0.192. The first-order valence-electron chi connectivity index (χ1n) is 10.7. The first-order valence-corrected chi connectivity index (χ1v) is 11.9. The Bertz CT molecular complexity index is 1220. The number of hydrogen-bond donors (Lipinski definition) is 3. The molecule has 0 aliphatic heterocycles. The van der Waals surface area contributed by atoms with E-state index >= 15 is 0 Å². The van der Waals surface area contributed by atoms with Gasteiger partial charge in [0.25, 0.3) is 17.7 Å². The standard InChI is InChI=1S/C26H25BrClN3O4/c1-26(2,3)18-8-4-16(5-9-18)24(33)29-20-11-6-17(7-12-20)25(34)31-30-23(32)15-35-22-13-10-19(27)14-21(22)28/h4-14H,15H2,1-3H3,(H,29,33)(H,30,32)(H,31,34). The molecule has 0 aliphatic carbocycles. The van der Waals surface area contributed by atoms with Crippen LogP contribution in [0, 0.1) is 0 Å². The van der Waals surface area contributed by atoms with Crippen LogP contribution < -0.4 is 20.9 Å². The molecule has 0 radical (unpaired) electrons. The number of rotatable bonds is 6. The zero-order valence-electron chi connectivity index (χ0n) is 19.4. The van der Waals surface area contributed by atoms with Crippen LogP contribution in [0.4, 0.5) is 5.69 Å². The Kier molecular flexibility index (Phi) is 8.53. The second kappa shape index (κ2) is 11.4. The Morgan fingerprint density at radius 1 is 0.857 bits per heavy atom. The number of ether oxygens (including phenoxy) is 1. The van der Waals surface area contributed by atoms with Crippen LogP contribution in [0.3, 0.4) is 0 Å². The topological polar surface area (TPSA) is 96.5 Å². The Hall–Kier alpha value is -3.36. The van der Waals surface area contributed by atoms with Crippen LogP contribution in [-0.2, 0) is 10.2 Å². The third kappa shape index (κ3) is 7.56. The summed E-state index contributed by atoms with van der Waals surface area (Å²) in [6, 6.07) is 18.7. The molecule has 3 aromatic carbocycles. The number of carbonyl (C=O) groups is 3. The quantitative estimate of drug-likeness (QED) is 0.349. The summed E-state index contributed by atoms with van der Waals surface area (Å²) in [7, 11) is 0. The maximum Gasteiger partial charge on any atom is 0.276 e. The lowest BCUT2D eigenvalue weighted by atomic mass is 9.87. The Labute approximate surface area is 217 Å². The third-order valence-corrected chi connectivity index (χ3v) is 5.77. The minimum Gasteiger partial charge on any atom is -0.482 e. The maximum atomic E-state index is 12.5. The molecule has 9 heteroatoms. The summed E-state index contributed by atoms with van der Waals surface area (Å²) in [5.41, 5.74) is 7.11. The van der Waals surface area contributed by atoms with Crippen molar-refractivity contribution in [2.24, 2.45) is 0 Å². The van der Waals surface area contributed by atoms with E-state index < -0.39 is 11.8 Å². The lowest BCUT2D eigenvalue weighted by Crippen LogP contribution is -2.43. The Morgan fingerprint density at radius 3 is 2.06 bits per heavy atom. The predicted octanol–water partition coefficient (Wildman–Crippen LogP) is 5.49. The second-order valence-electron chi connectivity index (χ2n) is 8.72. The van der Waals surface area contributed by atoms with Crippen LogP contribution in [0.2, 0.25) is 5.02 Å². The van der Waals surface area contributed by atoms with E-state index in [1.807, 2.05) is 12.1 Å². The smallest absolute Gasteiger partial charge is 0.276 e. The zero-order valence-corrected chi connectivity index (χ0v) is 21.8. The lowest BCUT2D eigenvalue weighted by molar-refractivity contribution is -0.123. The van der Waals surface area contributed by atoms with Gasteiger partial charge in [-0.05, 0) is 65.6 Å². The first-order chi connectivity index (χ1) is 16.5. The Morgan fingerprint density at radius 2 is 1.46 bits per heavy atom. The summed E-state index contributed by atoms with van der Waals surface area (Å²) in [4.78, 5) is 36.8. The summed E-state index contributed by atoms with van der Waals surface area (Å²) >= 11 is 9.33. The molecule has 0 saturated heterocycles. The maximum absolute atomic E-state index is 12.5. The third-order valence-electron chi connectivity index (χ3n) is 4.99. The van der Waals surface area contributed by atoms with Gasteiger partial charge in [0.1, 0.15) is 5.75 Å². The van der Waals surface area contributed by atoms with Crippen LogP contribution in [0.1, 0.15) is 47.1 Å². The van der Waals surface area contributed by atoms with E-state index in [9.17, 15) is 14.4 Å². The molecule has 3 amide bonds. The van der Waals surface area contributed by atoms with Crippen molar-refractivity contribution in [3.63, 3.8) is 0 Å². The number of amides is 3. The van der Waals surface area contributed by atoms with Gasteiger partial charge in [0.15, 0.2) is 6.61 Å². The van der Waals surface area contributed by atoms with Gasteiger partial charge >= 0.3 is 0 Å². The molecule has 0 saturated carbocycles. The number of halogens is 2. The van der Waals surface area contributed by atoms with Crippen LogP contribution >= 0.6 is 27.5 Å². The molecule has 3 N–H and O–H groups in total.